The van der Waals surface area contributed by atoms with Crippen LogP contribution in [-0.2, 0) is 6.18 Å². The average molecular weight is 355 g/mol. The first-order valence-corrected chi connectivity index (χ1v) is 7.79. The summed E-state index contributed by atoms with van der Waals surface area (Å²) in [6.07, 6.45) is -4.51. The highest BCUT2D eigenvalue weighted by molar-refractivity contribution is 7.19. The highest BCUT2D eigenvalue weighted by Gasteiger charge is 2.38. The van der Waals surface area contributed by atoms with Crippen molar-refractivity contribution in [1.82, 2.24) is 4.98 Å². The van der Waals surface area contributed by atoms with Crippen molar-refractivity contribution in [3.05, 3.63) is 65.3 Å². The predicted octanol–water partition coefficient (Wildman–Crippen LogP) is 6.23. The molecule has 0 fully saturated rings. The smallest absolute Gasteiger partial charge is 0.332 e. The number of hydrogen-bond donors (Lipinski definition) is 1. The lowest BCUT2D eigenvalue weighted by Gasteiger charge is -2.05. The van der Waals surface area contributed by atoms with Gasteiger partial charge in [0.2, 0.25) is 0 Å². The molecule has 2 aromatic carbocycles. The maximum absolute atomic E-state index is 13.2. The zero-order valence-electron chi connectivity index (χ0n) is 11.6. The summed E-state index contributed by atoms with van der Waals surface area (Å²) in [5.74, 6) is 0. The molecule has 0 saturated heterocycles. The van der Waals surface area contributed by atoms with E-state index in [-0.39, 0.29) is 10.0 Å². The summed E-state index contributed by atoms with van der Waals surface area (Å²) in [5, 5.41) is 3.61. The van der Waals surface area contributed by atoms with Gasteiger partial charge in [-0.15, -0.1) is 0 Å². The van der Waals surface area contributed by atoms with Crippen LogP contribution >= 0.6 is 22.9 Å². The average Bonchev–Trinajstić information content (AvgIpc) is 2.95. The Hall–Kier alpha value is -2.05. The fourth-order valence-corrected chi connectivity index (χ4v) is 3.14. The first-order chi connectivity index (χ1) is 10.9. The fraction of sp³-hybridized carbons (Fsp3) is 0.0625. The van der Waals surface area contributed by atoms with E-state index in [1.165, 1.54) is 0 Å². The molecule has 3 rings (SSSR count). The quantitative estimate of drug-likeness (QED) is 0.603. The van der Waals surface area contributed by atoms with Crippen LogP contribution in [-0.4, -0.2) is 4.98 Å². The number of halogens is 4. The van der Waals surface area contributed by atoms with E-state index in [4.69, 9.17) is 11.6 Å². The van der Waals surface area contributed by atoms with Gasteiger partial charge in [-0.1, -0.05) is 53.3 Å². The lowest BCUT2D eigenvalue weighted by molar-refractivity contribution is -0.140. The minimum atomic E-state index is -4.51. The Morgan fingerprint density at radius 1 is 0.957 bits per heavy atom. The number of thiazole rings is 1. The molecule has 2 nitrogen and oxygen atoms in total. The molecule has 1 aromatic heterocycles. The van der Waals surface area contributed by atoms with Gasteiger partial charge in [-0.25, -0.2) is 4.98 Å². The van der Waals surface area contributed by atoms with Crippen LogP contribution in [0, 0.1) is 0 Å². The molecule has 0 bridgehead atoms. The van der Waals surface area contributed by atoms with Crippen molar-refractivity contribution in [2.45, 2.75) is 6.18 Å². The predicted molar refractivity (Wildman–Crippen MR) is 87.3 cm³/mol. The number of benzene rings is 2. The molecule has 0 radical (unpaired) electrons. The minimum Gasteiger partial charge on any atom is -0.332 e. The molecule has 1 N–H and O–H groups in total. The molecule has 0 amide bonds. The Balaban J connectivity index is 2.00. The maximum Gasteiger partial charge on any atom is 0.434 e. The molecular formula is C16H10ClF3N2S. The van der Waals surface area contributed by atoms with E-state index in [0.29, 0.717) is 16.3 Å². The summed E-state index contributed by atoms with van der Waals surface area (Å²) in [6, 6.07) is 15.1. The summed E-state index contributed by atoms with van der Waals surface area (Å²) in [7, 11) is 0. The van der Waals surface area contributed by atoms with Crippen molar-refractivity contribution in [3.8, 4) is 10.4 Å². The first kappa shape index (κ1) is 15.8. The number of hydrogen-bond acceptors (Lipinski definition) is 3. The summed E-state index contributed by atoms with van der Waals surface area (Å²) in [4.78, 5) is 3.82. The molecule has 3 aromatic rings. The second-order valence-electron chi connectivity index (χ2n) is 4.69. The van der Waals surface area contributed by atoms with E-state index in [2.05, 4.69) is 10.3 Å². The topological polar surface area (TPSA) is 24.9 Å². The van der Waals surface area contributed by atoms with Crippen LogP contribution in [0.15, 0.2) is 54.6 Å². The minimum absolute atomic E-state index is 0.0922. The zero-order valence-corrected chi connectivity index (χ0v) is 13.1. The summed E-state index contributed by atoms with van der Waals surface area (Å²) in [5.41, 5.74) is 0.225. The van der Waals surface area contributed by atoms with E-state index < -0.39 is 11.9 Å². The van der Waals surface area contributed by atoms with E-state index in [0.717, 1.165) is 11.3 Å². The normalized spacial score (nSPS) is 11.5. The van der Waals surface area contributed by atoms with Crippen LogP contribution in [0.25, 0.3) is 10.4 Å². The van der Waals surface area contributed by atoms with Crippen molar-refractivity contribution in [3.63, 3.8) is 0 Å². The number of nitrogens with zero attached hydrogens (tertiary/aromatic N) is 1. The Morgan fingerprint density at radius 2 is 1.61 bits per heavy atom. The van der Waals surface area contributed by atoms with Gasteiger partial charge in [0.25, 0.3) is 0 Å². The fourth-order valence-electron chi connectivity index (χ4n) is 2.01. The van der Waals surface area contributed by atoms with E-state index in [1.807, 2.05) is 0 Å². The van der Waals surface area contributed by atoms with Crippen molar-refractivity contribution < 1.29 is 13.2 Å². The molecule has 0 aliphatic carbocycles. The molecule has 23 heavy (non-hydrogen) atoms. The van der Waals surface area contributed by atoms with Crippen LogP contribution in [0.2, 0.25) is 5.02 Å². The summed E-state index contributed by atoms with van der Waals surface area (Å²) < 4.78 is 39.7. The van der Waals surface area contributed by atoms with E-state index in [9.17, 15) is 13.2 Å². The monoisotopic (exact) mass is 354 g/mol. The van der Waals surface area contributed by atoms with Crippen molar-refractivity contribution in [1.29, 1.82) is 0 Å². The molecule has 0 saturated carbocycles. The number of rotatable bonds is 3. The number of nitrogens with one attached hydrogen (secondary N) is 1. The Morgan fingerprint density at radius 3 is 2.22 bits per heavy atom. The number of alkyl halides is 3. The van der Waals surface area contributed by atoms with Gasteiger partial charge < -0.3 is 5.32 Å². The lowest BCUT2D eigenvalue weighted by atomic mass is 10.1. The van der Waals surface area contributed by atoms with Gasteiger partial charge in [-0.05, 0) is 29.8 Å². The molecule has 0 aliphatic heterocycles. The molecule has 7 heteroatoms. The van der Waals surface area contributed by atoms with Crippen LogP contribution in [0.3, 0.4) is 0 Å². The third kappa shape index (κ3) is 3.65. The van der Waals surface area contributed by atoms with E-state index in [1.54, 1.807) is 54.6 Å². The third-order valence-electron chi connectivity index (χ3n) is 3.03. The SMILES string of the molecule is FC(F)(F)c1nc(Nc2ccc(Cl)cc2)sc1-c1ccccc1. The molecule has 118 valence electrons. The Bertz CT molecular complexity index is 798. The summed E-state index contributed by atoms with van der Waals surface area (Å²) >= 11 is 6.76. The number of aromatic nitrogens is 1. The summed E-state index contributed by atoms with van der Waals surface area (Å²) in [6.45, 7) is 0. The highest BCUT2D eigenvalue weighted by Crippen LogP contribution is 2.42. The Labute approximate surface area is 139 Å². The van der Waals surface area contributed by atoms with Gasteiger partial charge in [0.1, 0.15) is 0 Å². The maximum atomic E-state index is 13.2. The van der Waals surface area contributed by atoms with Crippen LogP contribution in [0.4, 0.5) is 24.0 Å². The second-order valence-corrected chi connectivity index (χ2v) is 6.13. The van der Waals surface area contributed by atoms with Gasteiger partial charge in [0.05, 0.1) is 4.88 Å². The molecule has 0 unspecified atom stereocenters. The van der Waals surface area contributed by atoms with Crippen molar-refractivity contribution in [2.24, 2.45) is 0 Å². The van der Waals surface area contributed by atoms with Gasteiger partial charge in [0, 0.05) is 10.7 Å². The molecule has 0 spiro atoms. The molecular weight excluding hydrogens is 345 g/mol. The van der Waals surface area contributed by atoms with Gasteiger partial charge in [-0.2, -0.15) is 13.2 Å². The largest absolute Gasteiger partial charge is 0.434 e. The van der Waals surface area contributed by atoms with Gasteiger partial charge in [-0.3, -0.25) is 0 Å². The van der Waals surface area contributed by atoms with Gasteiger partial charge >= 0.3 is 6.18 Å². The Kier molecular flexibility index (Phi) is 4.28. The van der Waals surface area contributed by atoms with Gasteiger partial charge in [0.15, 0.2) is 10.8 Å². The van der Waals surface area contributed by atoms with Crippen LogP contribution < -0.4 is 5.32 Å². The lowest BCUT2D eigenvalue weighted by Crippen LogP contribution is -2.07. The van der Waals surface area contributed by atoms with Crippen LogP contribution in [0.1, 0.15) is 5.69 Å². The highest BCUT2D eigenvalue weighted by atomic mass is 35.5. The van der Waals surface area contributed by atoms with Crippen LogP contribution in [0.5, 0.6) is 0 Å². The third-order valence-corrected chi connectivity index (χ3v) is 4.30. The zero-order chi connectivity index (χ0) is 16.4. The molecule has 0 aliphatic rings. The van der Waals surface area contributed by atoms with Crippen molar-refractivity contribution in [2.75, 3.05) is 5.32 Å². The number of anilines is 2. The second kappa shape index (κ2) is 6.22. The molecule has 0 atom stereocenters. The van der Waals surface area contributed by atoms with E-state index >= 15 is 0 Å². The standard InChI is InChI=1S/C16H10ClF3N2S/c17-11-6-8-12(9-7-11)21-15-22-14(16(18,19)20)13(23-15)10-4-2-1-3-5-10/h1-9H,(H,21,22). The first-order valence-electron chi connectivity index (χ1n) is 6.59. The van der Waals surface area contributed by atoms with Crippen molar-refractivity contribution >= 4 is 33.8 Å². The molecule has 1 heterocycles.